The number of ketones is 2. The number of ether oxygens (including phenoxy) is 1. The maximum atomic E-state index is 12.9. The van der Waals surface area contributed by atoms with E-state index in [2.05, 4.69) is 5.32 Å². The van der Waals surface area contributed by atoms with Crippen molar-refractivity contribution in [1.82, 2.24) is 0 Å². The van der Waals surface area contributed by atoms with Gasteiger partial charge in [-0.1, -0.05) is 36.4 Å². The second kappa shape index (κ2) is 8.34. The normalized spacial score (nSPS) is 12.6. The van der Waals surface area contributed by atoms with Gasteiger partial charge in [0, 0.05) is 16.7 Å². The Morgan fingerprint density at radius 3 is 2.03 bits per heavy atom. The summed E-state index contributed by atoms with van der Waals surface area (Å²) in [4.78, 5) is 50.0. The number of fused-ring (bicyclic) bond motifs is 2. The van der Waals surface area contributed by atoms with E-state index in [9.17, 15) is 32.3 Å². The summed E-state index contributed by atoms with van der Waals surface area (Å²) in [6.45, 7) is -0.748. The molecule has 0 saturated carbocycles. The highest BCUT2D eigenvalue weighted by Gasteiger charge is 2.32. The maximum absolute atomic E-state index is 12.9. The van der Waals surface area contributed by atoms with Gasteiger partial charge in [-0.05, 0) is 30.3 Å². The summed E-state index contributed by atoms with van der Waals surface area (Å²) in [5.41, 5.74) is -0.358. The number of nitrogens with one attached hydrogen (secondary N) is 1. The molecule has 3 aromatic carbocycles. The van der Waals surface area contributed by atoms with Gasteiger partial charge in [0.05, 0.1) is 22.4 Å². The van der Waals surface area contributed by atoms with Crippen LogP contribution in [0.25, 0.3) is 0 Å². The Hall–Kier alpha value is -4.27. The minimum Gasteiger partial charge on any atom is -0.452 e. The van der Waals surface area contributed by atoms with Crippen LogP contribution in [0.15, 0.2) is 66.7 Å². The van der Waals surface area contributed by atoms with Crippen LogP contribution in [0.4, 0.5) is 18.9 Å². The van der Waals surface area contributed by atoms with Crippen LogP contribution in [-0.4, -0.2) is 30.0 Å². The summed E-state index contributed by atoms with van der Waals surface area (Å²) in [5.74, 6) is -2.57. The number of hydrogen-bond acceptors (Lipinski definition) is 5. The van der Waals surface area contributed by atoms with E-state index >= 15 is 0 Å². The van der Waals surface area contributed by atoms with E-state index in [0.717, 1.165) is 24.3 Å². The summed E-state index contributed by atoms with van der Waals surface area (Å²) in [5, 5.41) is 2.45. The standard InChI is InChI=1S/C24H14F3NO5/c25-24(26,27)14-10-8-13(9-11-14)23(32)33-12-19(29)28-18-7-3-6-17-20(18)22(31)16-5-2-1-4-15(16)21(17)30/h1-11H,12H2,(H,28,29). The van der Waals surface area contributed by atoms with Crippen molar-refractivity contribution < 1.29 is 37.1 Å². The van der Waals surface area contributed by atoms with Crippen molar-refractivity contribution in [2.24, 2.45) is 0 Å². The lowest BCUT2D eigenvalue weighted by atomic mass is 9.83. The van der Waals surface area contributed by atoms with Crippen molar-refractivity contribution in [3.05, 3.63) is 100 Å². The zero-order valence-electron chi connectivity index (χ0n) is 16.7. The maximum Gasteiger partial charge on any atom is 0.416 e. The van der Waals surface area contributed by atoms with Gasteiger partial charge in [0.25, 0.3) is 5.91 Å². The van der Waals surface area contributed by atoms with Crippen molar-refractivity contribution in [2.75, 3.05) is 11.9 Å². The quantitative estimate of drug-likeness (QED) is 0.466. The Morgan fingerprint density at radius 2 is 1.39 bits per heavy atom. The fourth-order valence-electron chi connectivity index (χ4n) is 3.45. The Balaban J connectivity index is 1.46. The smallest absolute Gasteiger partial charge is 0.416 e. The molecule has 0 spiro atoms. The number of alkyl halides is 3. The first-order valence-electron chi connectivity index (χ1n) is 9.62. The van der Waals surface area contributed by atoms with Gasteiger partial charge in [0.1, 0.15) is 0 Å². The van der Waals surface area contributed by atoms with E-state index < -0.39 is 36.0 Å². The molecule has 0 saturated heterocycles. The lowest BCUT2D eigenvalue weighted by Gasteiger charge is -2.20. The molecule has 0 unspecified atom stereocenters. The van der Waals surface area contributed by atoms with Crippen LogP contribution in [0, 0.1) is 0 Å². The number of carbonyl (C=O) groups is 4. The molecule has 1 aliphatic carbocycles. The van der Waals surface area contributed by atoms with E-state index in [1.807, 2.05) is 0 Å². The number of carbonyl (C=O) groups excluding carboxylic acids is 4. The number of halogens is 3. The SMILES string of the molecule is O=C(COC(=O)c1ccc(C(F)(F)F)cc1)Nc1cccc2c1C(=O)c1ccccc1C2=O. The van der Waals surface area contributed by atoms with Crippen LogP contribution in [0.5, 0.6) is 0 Å². The molecule has 3 aromatic rings. The lowest BCUT2D eigenvalue weighted by molar-refractivity contribution is -0.137. The molecule has 9 heteroatoms. The Bertz CT molecular complexity index is 1300. The van der Waals surface area contributed by atoms with Gasteiger partial charge in [-0.25, -0.2) is 4.79 Å². The van der Waals surface area contributed by atoms with E-state index in [0.29, 0.717) is 0 Å². The summed E-state index contributed by atoms with van der Waals surface area (Å²) in [6, 6.07) is 14.1. The first kappa shape index (κ1) is 21.9. The molecule has 0 aromatic heterocycles. The second-order valence-corrected chi connectivity index (χ2v) is 7.13. The average molecular weight is 453 g/mol. The molecule has 0 fully saturated rings. The highest BCUT2D eigenvalue weighted by Crippen LogP contribution is 2.32. The molecule has 0 aliphatic heterocycles. The van der Waals surface area contributed by atoms with Gasteiger partial charge >= 0.3 is 12.1 Å². The first-order valence-corrected chi connectivity index (χ1v) is 9.62. The van der Waals surface area contributed by atoms with Crippen molar-refractivity contribution in [1.29, 1.82) is 0 Å². The minimum atomic E-state index is -4.55. The molecule has 4 rings (SSSR count). The molecule has 0 radical (unpaired) electrons. The van der Waals surface area contributed by atoms with E-state index in [4.69, 9.17) is 4.74 Å². The largest absolute Gasteiger partial charge is 0.452 e. The topological polar surface area (TPSA) is 89.5 Å². The molecule has 33 heavy (non-hydrogen) atoms. The van der Waals surface area contributed by atoms with Gasteiger partial charge in [-0.3, -0.25) is 14.4 Å². The van der Waals surface area contributed by atoms with E-state index in [1.165, 1.54) is 24.3 Å². The third kappa shape index (κ3) is 4.25. The summed E-state index contributed by atoms with van der Waals surface area (Å²) in [6.07, 6.45) is -4.55. The predicted octanol–water partition coefficient (Wildman–Crippen LogP) is 4.28. The number of benzene rings is 3. The molecule has 0 atom stereocenters. The third-order valence-electron chi connectivity index (χ3n) is 5.01. The number of amides is 1. The van der Waals surface area contributed by atoms with Gasteiger partial charge in [0.15, 0.2) is 18.2 Å². The number of esters is 1. The fourth-order valence-corrected chi connectivity index (χ4v) is 3.45. The minimum absolute atomic E-state index is 0.0311. The van der Waals surface area contributed by atoms with Crippen molar-refractivity contribution >= 4 is 29.1 Å². The van der Waals surface area contributed by atoms with Crippen LogP contribution in [0.3, 0.4) is 0 Å². The number of hydrogen-bond donors (Lipinski definition) is 1. The second-order valence-electron chi connectivity index (χ2n) is 7.13. The van der Waals surface area contributed by atoms with Gasteiger partial charge in [-0.2, -0.15) is 13.2 Å². The summed E-state index contributed by atoms with van der Waals surface area (Å²) >= 11 is 0. The Morgan fingerprint density at radius 1 is 0.788 bits per heavy atom. The summed E-state index contributed by atoms with van der Waals surface area (Å²) in [7, 11) is 0. The molecule has 0 heterocycles. The Labute approximate surface area is 185 Å². The zero-order chi connectivity index (χ0) is 23.8. The Kier molecular flexibility index (Phi) is 5.55. The van der Waals surface area contributed by atoms with Crippen LogP contribution in [0.2, 0.25) is 0 Å². The fraction of sp³-hybridized carbons (Fsp3) is 0.0833. The highest BCUT2D eigenvalue weighted by atomic mass is 19.4. The van der Waals surface area contributed by atoms with Crippen molar-refractivity contribution in [3.8, 4) is 0 Å². The predicted molar refractivity (Wildman–Crippen MR) is 110 cm³/mol. The number of anilines is 1. The van der Waals surface area contributed by atoms with E-state index in [-0.39, 0.29) is 39.3 Å². The van der Waals surface area contributed by atoms with E-state index in [1.54, 1.807) is 18.2 Å². The molecule has 1 amide bonds. The molecule has 6 nitrogen and oxygen atoms in total. The zero-order valence-corrected chi connectivity index (χ0v) is 16.7. The molecule has 1 aliphatic rings. The molecule has 166 valence electrons. The lowest BCUT2D eigenvalue weighted by Crippen LogP contribution is -2.26. The van der Waals surface area contributed by atoms with Crippen molar-refractivity contribution in [3.63, 3.8) is 0 Å². The molecular weight excluding hydrogens is 439 g/mol. The van der Waals surface area contributed by atoms with Crippen LogP contribution < -0.4 is 5.32 Å². The third-order valence-corrected chi connectivity index (χ3v) is 5.01. The molecule has 1 N–H and O–H groups in total. The average Bonchev–Trinajstić information content (AvgIpc) is 2.80. The molecule has 0 bridgehead atoms. The summed E-state index contributed by atoms with van der Waals surface area (Å²) < 4.78 is 42.7. The van der Waals surface area contributed by atoms with Gasteiger partial charge in [0.2, 0.25) is 0 Å². The van der Waals surface area contributed by atoms with Crippen molar-refractivity contribution in [2.45, 2.75) is 6.18 Å². The number of rotatable bonds is 4. The van der Waals surface area contributed by atoms with Crippen LogP contribution >= 0.6 is 0 Å². The highest BCUT2D eigenvalue weighted by molar-refractivity contribution is 6.30. The monoisotopic (exact) mass is 453 g/mol. The van der Waals surface area contributed by atoms with Crippen LogP contribution in [-0.2, 0) is 15.7 Å². The molecular formula is C24H14F3NO5. The van der Waals surface area contributed by atoms with Gasteiger partial charge in [-0.15, -0.1) is 0 Å². The van der Waals surface area contributed by atoms with Crippen LogP contribution in [0.1, 0.15) is 47.8 Å². The first-order chi connectivity index (χ1) is 15.7. The van der Waals surface area contributed by atoms with Gasteiger partial charge < -0.3 is 10.1 Å².